The van der Waals surface area contributed by atoms with Crippen LogP contribution >= 0.6 is 11.5 Å². The van der Waals surface area contributed by atoms with Crippen LogP contribution in [0.1, 0.15) is 0 Å². The molecule has 0 radical (unpaired) electrons. The molecule has 1 aromatic heterocycles. The first kappa shape index (κ1) is 21.9. The molecule has 0 bridgehead atoms. The Morgan fingerprint density at radius 3 is 1.93 bits per heavy atom. The highest BCUT2D eigenvalue weighted by molar-refractivity contribution is 7.93. The lowest BCUT2D eigenvalue weighted by Crippen LogP contribution is -2.49. The maximum Gasteiger partial charge on any atom is 0.516 e. The van der Waals surface area contributed by atoms with Gasteiger partial charge in [0.15, 0.2) is 0 Å². The van der Waals surface area contributed by atoms with Gasteiger partial charge in [-0.25, -0.2) is 3.96 Å². The zero-order valence-corrected chi connectivity index (χ0v) is 16.1. The SMILES string of the molecule is O=c1cc(-c2ccccc2)sn1-c1ccc(N(C(F)(F)F)S(=O)(=O)C(F)(F)F)cc1. The van der Waals surface area contributed by atoms with Crippen LogP contribution in [0.3, 0.4) is 0 Å². The van der Waals surface area contributed by atoms with E-state index in [1.165, 1.54) is 6.07 Å². The number of benzene rings is 2. The zero-order valence-electron chi connectivity index (χ0n) is 14.5. The van der Waals surface area contributed by atoms with Crippen LogP contribution in [0.2, 0.25) is 0 Å². The molecule has 0 aliphatic heterocycles. The van der Waals surface area contributed by atoms with E-state index >= 15 is 0 Å². The van der Waals surface area contributed by atoms with Crippen LogP contribution in [0.4, 0.5) is 32.0 Å². The highest BCUT2D eigenvalue weighted by atomic mass is 32.2. The molecule has 0 aliphatic carbocycles. The summed E-state index contributed by atoms with van der Waals surface area (Å²) >= 11 is 0.965. The van der Waals surface area contributed by atoms with E-state index in [-0.39, 0.29) is 5.69 Å². The Labute approximate surface area is 169 Å². The van der Waals surface area contributed by atoms with Gasteiger partial charge in [-0.05, 0) is 29.8 Å². The molecule has 0 spiro atoms. The number of anilines is 1. The van der Waals surface area contributed by atoms with Crippen LogP contribution in [0.15, 0.2) is 65.5 Å². The van der Waals surface area contributed by atoms with Crippen molar-refractivity contribution in [1.82, 2.24) is 3.96 Å². The molecule has 3 aromatic rings. The van der Waals surface area contributed by atoms with E-state index in [0.717, 1.165) is 33.2 Å². The van der Waals surface area contributed by atoms with Gasteiger partial charge in [-0.1, -0.05) is 41.9 Å². The van der Waals surface area contributed by atoms with Crippen LogP contribution in [-0.2, 0) is 10.0 Å². The molecule has 1 heterocycles. The summed E-state index contributed by atoms with van der Waals surface area (Å²) in [6.07, 6.45) is -5.85. The predicted octanol–water partition coefficient (Wildman–Crippen LogP) is 4.74. The normalized spacial score (nSPS) is 12.7. The van der Waals surface area contributed by atoms with Crippen molar-refractivity contribution in [2.75, 3.05) is 4.31 Å². The Bertz CT molecular complexity index is 1200. The molecule has 2 aromatic carbocycles. The zero-order chi connectivity index (χ0) is 22.3. The quantitative estimate of drug-likeness (QED) is 0.411. The minimum atomic E-state index is -6.72. The summed E-state index contributed by atoms with van der Waals surface area (Å²) in [5, 5.41) is 0. The summed E-state index contributed by atoms with van der Waals surface area (Å²) in [7, 11) is -6.72. The third-order valence-electron chi connectivity index (χ3n) is 3.78. The Morgan fingerprint density at radius 1 is 0.867 bits per heavy atom. The monoisotopic (exact) mass is 468 g/mol. The van der Waals surface area contributed by atoms with Gasteiger partial charge in [0.2, 0.25) is 0 Å². The molecular formula is C17H10F6N2O3S2. The lowest BCUT2D eigenvalue weighted by atomic mass is 10.2. The third kappa shape index (κ3) is 4.07. The second-order valence-corrected chi connectivity index (χ2v) is 8.56. The Hall–Kier alpha value is -2.80. The standard InChI is InChI=1S/C17H10F6N2O3S2/c18-16(19,20)25(30(27,28)17(21,22)23)13-8-6-12(7-9-13)24-15(26)10-14(29-24)11-4-2-1-3-5-11/h1-10H. The molecule has 0 fully saturated rings. The van der Waals surface area contributed by atoms with E-state index in [0.29, 0.717) is 17.0 Å². The Morgan fingerprint density at radius 2 is 1.43 bits per heavy atom. The fraction of sp³-hybridized carbons (Fsp3) is 0.118. The molecule has 0 aliphatic rings. The van der Waals surface area contributed by atoms with Crippen molar-refractivity contribution in [3.05, 3.63) is 71.0 Å². The topological polar surface area (TPSA) is 59.4 Å². The number of sulfonamides is 1. The van der Waals surface area contributed by atoms with Gasteiger partial charge in [0.05, 0.1) is 16.3 Å². The largest absolute Gasteiger partial charge is 0.516 e. The highest BCUT2D eigenvalue weighted by Crippen LogP contribution is 2.38. The lowest BCUT2D eigenvalue weighted by Gasteiger charge is -2.27. The second kappa shape index (κ2) is 7.47. The van der Waals surface area contributed by atoms with Crippen molar-refractivity contribution >= 4 is 27.2 Å². The number of alkyl halides is 6. The third-order valence-corrected chi connectivity index (χ3v) is 6.39. The van der Waals surface area contributed by atoms with E-state index in [4.69, 9.17) is 0 Å². The molecule has 0 N–H and O–H groups in total. The summed E-state index contributed by atoms with van der Waals surface area (Å²) in [6, 6.07) is 13.0. The van der Waals surface area contributed by atoms with Crippen molar-refractivity contribution in [3.8, 4) is 16.1 Å². The van der Waals surface area contributed by atoms with Gasteiger partial charge in [-0.3, -0.25) is 4.79 Å². The summed E-state index contributed by atoms with van der Waals surface area (Å²) in [4.78, 5) is 12.8. The molecule has 30 heavy (non-hydrogen) atoms. The van der Waals surface area contributed by atoms with E-state index < -0.39 is 37.4 Å². The first-order valence-electron chi connectivity index (χ1n) is 7.90. The van der Waals surface area contributed by atoms with Crippen LogP contribution in [0.5, 0.6) is 0 Å². The number of hydrogen-bond donors (Lipinski definition) is 0. The Kier molecular flexibility index (Phi) is 5.45. The molecule has 0 unspecified atom stereocenters. The molecule has 160 valence electrons. The van der Waals surface area contributed by atoms with Crippen molar-refractivity contribution in [1.29, 1.82) is 0 Å². The molecule has 5 nitrogen and oxygen atoms in total. The van der Waals surface area contributed by atoms with Gasteiger partial charge in [0, 0.05) is 6.07 Å². The van der Waals surface area contributed by atoms with Gasteiger partial charge in [0.1, 0.15) is 0 Å². The average molecular weight is 468 g/mol. The number of hydrogen-bond acceptors (Lipinski definition) is 4. The fourth-order valence-electron chi connectivity index (χ4n) is 2.51. The second-order valence-electron chi connectivity index (χ2n) is 5.80. The van der Waals surface area contributed by atoms with Gasteiger partial charge in [-0.2, -0.15) is 25.9 Å². The molecule has 0 saturated heterocycles. The highest BCUT2D eigenvalue weighted by Gasteiger charge is 2.58. The first-order valence-corrected chi connectivity index (χ1v) is 10.1. The lowest BCUT2D eigenvalue weighted by molar-refractivity contribution is -0.120. The van der Waals surface area contributed by atoms with Crippen molar-refractivity contribution in [2.24, 2.45) is 0 Å². The summed E-state index contributed by atoms with van der Waals surface area (Å²) < 4.78 is 99.6. The molecule has 0 atom stereocenters. The van der Waals surface area contributed by atoms with E-state index in [1.807, 2.05) is 0 Å². The van der Waals surface area contributed by atoms with Gasteiger partial charge < -0.3 is 0 Å². The van der Waals surface area contributed by atoms with Crippen molar-refractivity contribution < 1.29 is 34.8 Å². The molecular weight excluding hydrogens is 458 g/mol. The van der Waals surface area contributed by atoms with Crippen LogP contribution < -0.4 is 9.86 Å². The average Bonchev–Trinajstić information content (AvgIpc) is 3.03. The molecule has 0 saturated carbocycles. The Balaban J connectivity index is 2.02. The first-order chi connectivity index (χ1) is 13.8. The van der Waals surface area contributed by atoms with Crippen LogP contribution in [-0.4, -0.2) is 24.2 Å². The van der Waals surface area contributed by atoms with Crippen molar-refractivity contribution in [3.63, 3.8) is 0 Å². The number of halogens is 6. The smallest absolute Gasteiger partial charge is 0.268 e. The minimum absolute atomic E-state index is 0.0578. The van der Waals surface area contributed by atoms with Gasteiger partial charge in [-0.15, -0.1) is 13.2 Å². The maximum absolute atomic E-state index is 13.1. The number of aromatic nitrogens is 1. The predicted molar refractivity (Wildman–Crippen MR) is 98.9 cm³/mol. The fourth-order valence-corrected chi connectivity index (χ4v) is 4.35. The van der Waals surface area contributed by atoms with Crippen LogP contribution in [0, 0.1) is 0 Å². The maximum atomic E-state index is 13.1. The summed E-state index contributed by atoms with van der Waals surface area (Å²) in [6.45, 7) is 0. The molecule has 3 rings (SSSR count). The van der Waals surface area contributed by atoms with E-state index in [9.17, 15) is 39.6 Å². The van der Waals surface area contributed by atoms with E-state index in [2.05, 4.69) is 0 Å². The number of nitrogens with zero attached hydrogens (tertiary/aromatic N) is 2. The number of rotatable bonds is 4. The van der Waals surface area contributed by atoms with Gasteiger partial charge in [0.25, 0.3) is 5.56 Å². The van der Waals surface area contributed by atoms with E-state index in [1.54, 1.807) is 30.3 Å². The summed E-state index contributed by atoms with van der Waals surface area (Å²) in [5.41, 5.74) is -7.16. The van der Waals surface area contributed by atoms with Crippen molar-refractivity contribution in [2.45, 2.75) is 11.8 Å². The molecule has 13 heteroatoms. The molecule has 0 amide bonds. The van der Waals surface area contributed by atoms with Crippen LogP contribution in [0.25, 0.3) is 16.1 Å². The minimum Gasteiger partial charge on any atom is -0.268 e. The van der Waals surface area contributed by atoms with Gasteiger partial charge >= 0.3 is 21.8 Å². The summed E-state index contributed by atoms with van der Waals surface area (Å²) in [5.74, 6) is 0.